The van der Waals surface area contributed by atoms with Crippen molar-refractivity contribution in [2.75, 3.05) is 57.1 Å². The van der Waals surface area contributed by atoms with Crippen LogP contribution in [-0.2, 0) is 16.0 Å². The summed E-state index contributed by atoms with van der Waals surface area (Å²) < 4.78 is 18.7. The van der Waals surface area contributed by atoms with Gasteiger partial charge in [-0.3, -0.25) is 10.2 Å². The maximum Gasteiger partial charge on any atom is 0.411 e. The number of amides is 1. The number of nitrogen functional groups attached to an aromatic ring is 1. The lowest BCUT2D eigenvalue weighted by Crippen LogP contribution is -2.37. The van der Waals surface area contributed by atoms with Gasteiger partial charge in [-0.05, 0) is 44.5 Å². The van der Waals surface area contributed by atoms with Crippen molar-refractivity contribution in [3.63, 3.8) is 0 Å². The van der Waals surface area contributed by atoms with Gasteiger partial charge in [0.25, 0.3) is 0 Å². The molecule has 1 aromatic heterocycles. The number of benzene rings is 2. The van der Waals surface area contributed by atoms with E-state index in [1.165, 1.54) is 0 Å². The molecular formula is C26H34N4O4. The summed E-state index contributed by atoms with van der Waals surface area (Å²) in [6.07, 6.45) is 0.500. The first kappa shape index (κ1) is 23.9. The number of aryl methyl sites for hydroxylation is 1. The van der Waals surface area contributed by atoms with Crippen LogP contribution in [0.5, 0.6) is 5.75 Å². The molecular weight excluding hydrogens is 432 g/mol. The molecule has 0 radical (unpaired) electrons. The van der Waals surface area contributed by atoms with E-state index in [1.807, 2.05) is 36.4 Å². The molecule has 182 valence electrons. The lowest BCUT2D eigenvalue weighted by molar-refractivity contribution is 0.0358. The van der Waals surface area contributed by atoms with Gasteiger partial charge < -0.3 is 24.5 Å². The van der Waals surface area contributed by atoms with Crippen molar-refractivity contribution >= 4 is 28.4 Å². The third-order valence-corrected chi connectivity index (χ3v) is 6.04. The topological polar surface area (TPSA) is 91.0 Å². The molecule has 2 heterocycles. The van der Waals surface area contributed by atoms with E-state index in [9.17, 15) is 4.79 Å². The number of morpholine rings is 1. The van der Waals surface area contributed by atoms with Crippen LogP contribution in [0.4, 0.5) is 16.2 Å². The molecule has 1 fully saturated rings. The fourth-order valence-corrected chi connectivity index (χ4v) is 4.42. The van der Waals surface area contributed by atoms with Crippen LogP contribution in [0.3, 0.4) is 0 Å². The van der Waals surface area contributed by atoms with Gasteiger partial charge in [-0.15, -0.1) is 0 Å². The van der Waals surface area contributed by atoms with Crippen molar-refractivity contribution in [1.29, 1.82) is 0 Å². The Morgan fingerprint density at radius 1 is 1.15 bits per heavy atom. The largest absolute Gasteiger partial charge is 0.493 e. The number of fused-ring (bicyclic) bond motifs is 1. The van der Waals surface area contributed by atoms with Crippen LogP contribution in [0.25, 0.3) is 22.2 Å². The number of hydrogen-bond acceptors (Lipinski definition) is 6. The van der Waals surface area contributed by atoms with E-state index >= 15 is 0 Å². The summed E-state index contributed by atoms with van der Waals surface area (Å²) in [5.41, 5.74) is 10.9. The first-order chi connectivity index (χ1) is 16.6. The number of nitrogens with one attached hydrogen (secondary N) is 1. The molecule has 1 amide bonds. The second-order valence-corrected chi connectivity index (χ2v) is 8.27. The van der Waals surface area contributed by atoms with Gasteiger partial charge in [0, 0.05) is 48.9 Å². The van der Waals surface area contributed by atoms with Gasteiger partial charge in [0.05, 0.1) is 43.3 Å². The Hall–Kier alpha value is -3.23. The summed E-state index contributed by atoms with van der Waals surface area (Å²) in [5, 5.41) is 3.75. The standard InChI is InChI=1S/C26H34N4O4/c1-3-30-23-18-21(34-14-6-11-29-12-15-32-16-13-29)9-10-22(23)24(27)25(30)19-7-5-8-20(17-19)28-26(31)33-4-2/h5,7-10,17-18H,3-4,6,11-16,27H2,1-2H3,(H,28,31). The summed E-state index contributed by atoms with van der Waals surface area (Å²) in [4.78, 5) is 14.3. The van der Waals surface area contributed by atoms with Crippen molar-refractivity contribution in [1.82, 2.24) is 9.47 Å². The van der Waals surface area contributed by atoms with Crippen LogP contribution in [0, 0.1) is 0 Å². The van der Waals surface area contributed by atoms with E-state index in [0.717, 1.165) is 73.7 Å². The van der Waals surface area contributed by atoms with E-state index in [1.54, 1.807) is 6.92 Å². The Kier molecular flexibility index (Phi) is 7.92. The highest BCUT2D eigenvalue weighted by molar-refractivity contribution is 6.02. The fourth-order valence-electron chi connectivity index (χ4n) is 4.42. The van der Waals surface area contributed by atoms with Crippen LogP contribution in [-0.4, -0.2) is 61.6 Å². The normalized spacial score (nSPS) is 14.3. The highest BCUT2D eigenvalue weighted by Gasteiger charge is 2.17. The zero-order chi connectivity index (χ0) is 23.9. The van der Waals surface area contributed by atoms with E-state index in [2.05, 4.69) is 27.8 Å². The smallest absolute Gasteiger partial charge is 0.411 e. The van der Waals surface area contributed by atoms with Crippen molar-refractivity contribution in [2.24, 2.45) is 0 Å². The average molecular weight is 467 g/mol. The second-order valence-electron chi connectivity index (χ2n) is 8.27. The molecule has 0 bridgehead atoms. The number of nitrogens with zero attached hydrogens (tertiary/aromatic N) is 2. The Morgan fingerprint density at radius 2 is 1.97 bits per heavy atom. The van der Waals surface area contributed by atoms with Gasteiger partial charge >= 0.3 is 6.09 Å². The number of carbonyl (C=O) groups is 1. The molecule has 4 rings (SSSR count). The summed E-state index contributed by atoms with van der Waals surface area (Å²) >= 11 is 0. The molecule has 8 nitrogen and oxygen atoms in total. The van der Waals surface area contributed by atoms with Crippen LogP contribution < -0.4 is 15.8 Å². The first-order valence-corrected chi connectivity index (χ1v) is 12.0. The first-order valence-electron chi connectivity index (χ1n) is 12.0. The van der Waals surface area contributed by atoms with Gasteiger partial charge in [0.2, 0.25) is 0 Å². The molecule has 0 saturated carbocycles. The molecule has 0 unspecified atom stereocenters. The zero-order valence-electron chi connectivity index (χ0n) is 20.0. The number of aromatic nitrogens is 1. The summed E-state index contributed by atoms with van der Waals surface area (Å²) in [6.45, 7) is 10.2. The number of ether oxygens (including phenoxy) is 3. The minimum atomic E-state index is -0.473. The van der Waals surface area contributed by atoms with Gasteiger partial charge in [-0.25, -0.2) is 4.79 Å². The SMILES string of the molecule is CCOC(=O)Nc1cccc(-c2c(N)c3ccc(OCCCN4CCOCC4)cc3n2CC)c1. The highest BCUT2D eigenvalue weighted by atomic mass is 16.5. The quantitative estimate of drug-likeness (QED) is 0.449. The van der Waals surface area contributed by atoms with Crippen LogP contribution in [0.1, 0.15) is 20.3 Å². The number of nitrogens with two attached hydrogens (primary N) is 1. The molecule has 34 heavy (non-hydrogen) atoms. The zero-order valence-corrected chi connectivity index (χ0v) is 20.0. The number of hydrogen-bond donors (Lipinski definition) is 2. The van der Waals surface area contributed by atoms with Crippen molar-refractivity contribution in [2.45, 2.75) is 26.8 Å². The van der Waals surface area contributed by atoms with Gasteiger partial charge in [0.1, 0.15) is 5.75 Å². The number of anilines is 2. The predicted octanol–water partition coefficient (Wildman–Crippen LogP) is 4.58. The highest BCUT2D eigenvalue weighted by Crippen LogP contribution is 2.38. The van der Waals surface area contributed by atoms with Crippen molar-refractivity contribution < 1.29 is 19.0 Å². The Morgan fingerprint density at radius 3 is 2.74 bits per heavy atom. The van der Waals surface area contributed by atoms with Gasteiger partial charge in [-0.2, -0.15) is 0 Å². The van der Waals surface area contributed by atoms with Crippen LogP contribution in [0.15, 0.2) is 42.5 Å². The molecule has 3 aromatic rings. The molecule has 1 aliphatic rings. The predicted molar refractivity (Wildman–Crippen MR) is 135 cm³/mol. The molecule has 1 saturated heterocycles. The minimum Gasteiger partial charge on any atom is -0.493 e. The molecule has 3 N–H and O–H groups in total. The van der Waals surface area contributed by atoms with E-state index in [0.29, 0.717) is 24.6 Å². The van der Waals surface area contributed by atoms with Gasteiger partial charge in [0.15, 0.2) is 0 Å². The Labute approximate surface area is 200 Å². The Balaban J connectivity index is 1.52. The molecule has 2 aromatic carbocycles. The molecule has 8 heteroatoms. The monoisotopic (exact) mass is 466 g/mol. The maximum absolute atomic E-state index is 11.8. The maximum atomic E-state index is 11.8. The molecule has 0 spiro atoms. The summed E-state index contributed by atoms with van der Waals surface area (Å²) in [7, 11) is 0. The van der Waals surface area contributed by atoms with E-state index in [-0.39, 0.29) is 0 Å². The van der Waals surface area contributed by atoms with Crippen LogP contribution >= 0.6 is 0 Å². The molecule has 1 aliphatic heterocycles. The minimum absolute atomic E-state index is 0.320. The van der Waals surface area contributed by atoms with Crippen molar-refractivity contribution in [3.05, 3.63) is 42.5 Å². The lowest BCUT2D eigenvalue weighted by atomic mass is 10.1. The van der Waals surface area contributed by atoms with E-state index in [4.69, 9.17) is 19.9 Å². The third-order valence-electron chi connectivity index (χ3n) is 6.04. The van der Waals surface area contributed by atoms with Gasteiger partial charge in [-0.1, -0.05) is 12.1 Å². The fraction of sp³-hybridized carbons (Fsp3) is 0.423. The number of carbonyl (C=O) groups excluding carboxylic acids is 1. The summed E-state index contributed by atoms with van der Waals surface area (Å²) in [6, 6.07) is 13.7. The average Bonchev–Trinajstić information content (AvgIpc) is 3.13. The van der Waals surface area contributed by atoms with Crippen molar-refractivity contribution in [3.8, 4) is 17.0 Å². The molecule has 0 aliphatic carbocycles. The van der Waals surface area contributed by atoms with Crippen LogP contribution in [0.2, 0.25) is 0 Å². The number of rotatable bonds is 9. The second kappa shape index (κ2) is 11.3. The Bertz CT molecular complexity index is 1120. The molecule has 0 atom stereocenters. The van der Waals surface area contributed by atoms with E-state index < -0.39 is 6.09 Å². The third kappa shape index (κ3) is 5.46. The lowest BCUT2D eigenvalue weighted by Gasteiger charge is -2.26. The summed E-state index contributed by atoms with van der Waals surface area (Å²) in [5.74, 6) is 0.839.